The lowest BCUT2D eigenvalue weighted by Gasteiger charge is -2.19. The lowest BCUT2D eigenvalue weighted by molar-refractivity contribution is -0.137. The van der Waals surface area contributed by atoms with Gasteiger partial charge in [-0.1, -0.05) is 0 Å². The van der Waals surface area contributed by atoms with Crippen LogP contribution in [-0.4, -0.2) is 20.1 Å². The van der Waals surface area contributed by atoms with Crippen molar-refractivity contribution in [1.82, 2.24) is 14.2 Å². The van der Waals surface area contributed by atoms with E-state index in [9.17, 15) is 27.6 Å². The van der Waals surface area contributed by atoms with Crippen molar-refractivity contribution in [1.29, 1.82) is 0 Å². The molecule has 0 saturated heterocycles. The fourth-order valence-corrected chi connectivity index (χ4v) is 2.98. The van der Waals surface area contributed by atoms with Gasteiger partial charge in [0, 0.05) is 18.3 Å². The summed E-state index contributed by atoms with van der Waals surface area (Å²) in [6, 6.07) is 5.19. The lowest BCUT2D eigenvalue weighted by atomic mass is 10.1. The van der Waals surface area contributed by atoms with Crippen LogP contribution in [0.15, 0.2) is 33.9 Å². The zero-order valence-electron chi connectivity index (χ0n) is 14.6. The predicted octanol–water partition coefficient (Wildman–Crippen LogP) is 2.21. The minimum absolute atomic E-state index is 0.0645. The number of aromatic amines is 1. The number of rotatable bonds is 2. The second-order valence-corrected chi connectivity index (χ2v) is 6.10. The zero-order valence-corrected chi connectivity index (χ0v) is 14.6. The average molecular weight is 380 g/mol. The van der Waals surface area contributed by atoms with Gasteiger partial charge in [0.2, 0.25) is 5.91 Å². The second kappa shape index (κ2) is 6.15. The highest BCUT2D eigenvalue weighted by Crippen LogP contribution is 2.36. The molecule has 0 aliphatic carbocycles. The molecule has 2 N–H and O–H groups in total. The molecule has 7 nitrogen and oxygen atoms in total. The Morgan fingerprint density at radius 2 is 1.70 bits per heavy atom. The molecule has 142 valence electrons. The Balaban J connectivity index is 2.51. The highest BCUT2D eigenvalue weighted by molar-refractivity contribution is 5.85. The van der Waals surface area contributed by atoms with Crippen molar-refractivity contribution in [2.75, 3.05) is 5.43 Å². The van der Waals surface area contributed by atoms with Gasteiger partial charge in [-0.3, -0.25) is 19.8 Å². The van der Waals surface area contributed by atoms with Gasteiger partial charge in [-0.15, -0.1) is 0 Å². The lowest BCUT2D eigenvalue weighted by Crippen LogP contribution is -2.42. The summed E-state index contributed by atoms with van der Waals surface area (Å²) in [6.07, 6.45) is -4.71. The summed E-state index contributed by atoms with van der Waals surface area (Å²) >= 11 is 0. The number of benzene rings is 1. The van der Waals surface area contributed by atoms with Crippen LogP contribution in [0, 0.1) is 13.8 Å². The third-order valence-electron chi connectivity index (χ3n) is 4.09. The van der Waals surface area contributed by atoms with Gasteiger partial charge in [-0.05, 0) is 38.1 Å². The molecule has 3 rings (SSSR count). The van der Waals surface area contributed by atoms with E-state index in [0.29, 0.717) is 16.1 Å². The first-order valence-corrected chi connectivity index (χ1v) is 7.84. The van der Waals surface area contributed by atoms with Gasteiger partial charge in [0.05, 0.1) is 22.3 Å². The summed E-state index contributed by atoms with van der Waals surface area (Å²) in [7, 11) is 0. The molecule has 0 bridgehead atoms. The van der Waals surface area contributed by atoms with Gasteiger partial charge in [0.1, 0.15) is 0 Å². The molecule has 0 saturated carbocycles. The third-order valence-corrected chi connectivity index (χ3v) is 4.09. The molecule has 2 heterocycles. The molecule has 0 fully saturated rings. The fraction of sp³-hybridized carbons (Fsp3) is 0.235. The maximum Gasteiger partial charge on any atom is 0.418 e. The normalized spacial score (nSPS) is 11.8. The van der Waals surface area contributed by atoms with Crippen molar-refractivity contribution in [3.63, 3.8) is 0 Å². The molecule has 1 aromatic carbocycles. The Morgan fingerprint density at radius 1 is 1.11 bits per heavy atom. The summed E-state index contributed by atoms with van der Waals surface area (Å²) < 4.78 is 43.1. The Labute approximate surface area is 150 Å². The molecule has 0 aliphatic rings. The minimum atomic E-state index is -4.71. The largest absolute Gasteiger partial charge is 0.418 e. The number of fused-ring (bicyclic) bond motifs is 1. The molecule has 0 radical (unpaired) electrons. The van der Waals surface area contributed by atoms with E-state index < -0.39 is 28.8 Å². The van der Waals surface area contributed by atoms with Crippen molar-refractivity contribution in [2.45, 2.75) is 26.9 Å². The van der Waals surface area contributed by atoms with E-state index in [1.165, 1.54) is 4.57 Å². The van der Waals surface area contributed by atoms with Gasteiger partial charge in [-0.25, -0.2) is 4.68 Å². The highest BCUT2D eigenvalue weighted by Gasteiger charge is 2.35. The summed E-state index contributed by atoms with van der Waals surface area (Å²) in [5.41, 5.74) is -0.482. The predicted molar refractivity (Wildman–Crippen MR) is 92.7 cm³/mol. The molecular weight excluding hydrogens is 365 g/mol. The first kappa shape index (κ1) is 18.5. The maximum absolute atomic E-state index is 13.7. The van der Waals surface area contributed by atoms with E-state index >= 15 is 0 Å². The number of amides is 1. The number of carbonyl (C=O) groups is 1. The van der Waals surface area contributed by atoms with Crippen LogP contribution in [0.25, 0.3) is 16.7 Å². The van der Waals surface area contributed by atoms with E-state index in [1.54, 1.807) is 26.0 Å². The van der Waals surface area contributed by atoms with Crippen LogP contribution in [0.3, 0.4) is 0 Å². The van der Waals surface area contributed by atoms with Crippen molar-refractivity contribution < 1.29 is 18.0 Å². The number of alkyl halides is 3. The number of hydrogen-bond donors (Lipinski definition) is 2. The number of nitrogens with one attached hydrogen (secondary N) is 2. The molecule has 3 aromatic rings. The van der Waals surface area contributed by atoms with Crippen LogP contribution in [0.5, 0.6) is 0 Å². The Morgan fingerprint density at radius 3 is 2.22 bits per heavy atom. The SMILES string of the molecule is CC(=O)Nn1c(=O)c(=O)[nH]c2cc(C(F)(F)F)c(-n3c(C)ccc3C)cc21. The summed E-state index contributed by atoms with van der Waals surface area (Å²) in [5, 5.41) is 0. The number of hydrogen-bond acceptors (Lipinski definition) is 3. The summed E-state index contributed by atoms with van der Waals surface area (Å²) in [4.78, 5) is 37.4. The molecule has 27 heavy (non-hydrogen) atoms. The molecule has 2 aromatic heterocycles. The number of H-pyrrole nitrogens is 1. The molecule has 0 atom stereocenters. The average Bonchev–Trinajstić information content (AvgIpc) is 2.88. The number of aryl methyl sites for hydroxylation is 2. The van der Waals surface area contributed by atoms with Crippen LogP contribution in [0.1, 0.15) is 23.9 Å². The first-order chi connectivity index (χ1) is 12.5. The topological polar surface area (TPSA) is 88.9 Å². The van der Waals surface area contributed by atoms with E-state index in [0.717, 1.165) is 19.1 Å². The van der Waals surface area contributed by atoms with E-state index in [4.69, 9.17) is 0 Å². The van der Waals surface area contributed by atoms with Crippen LogP contribution >= 0.6 is 0 Å². The van der Waals surface area contributed by atoms with Crippen molar-refractivity contribution >= 4 is 16.9 Å². The molecule has 1 amide bonds. The van der Waals surface area contributed by atoms with Crippen LogP contribution in [-0.2, 0) is 11.0 Å². The van der Waals surface area contributed by atoms with Gasteiger partial charge in [-0.2, -0.15) is 13.2 Å². The van der Waals surface area contributed by atoms with E-state index in [2.05, 4.69) is 10.4 Å². The van der Waals surface area contributed by atoms with E-state index in [1.807, 2.05) is 0 Å². The van der Waals surface area contributed by atoms with Gasteiger partial charge < -0.3 is 9.55 Å². The molecule has 0 aliphatic heterocycles. The molecule has 0 spiro atoms. The zero-order chi connectivity index (χ0) is 20.1. The van der Waals surface area contributed by atoms with Gasteiger partial charge in [0.15, 0.2) is 0 Å². The summed E-state index contributed by atoms with van der Waals surface area (Å²) in [5.74, 6) is -0.654. The van der Waals surface area contributed by atoms with Gasteiger partial charge in [0.25, 0.3) is 0 Å². The second-order valence-electron chi connectivity index (χ2n) is 6.10. The van der Waals surface area contributed by atoms with E-state index in [-0.39, 0.29) is 16.7 Å². The van der Waals surface area contributed by atoms with Crippen molar-refractivity contribution in [3.05, 3.63) is 61.9 Å². The smallest absolute Gasteiger partial charge is 0.318 e. The quantitative estimate of drug-likeness (QED) is 0.668. The molecule has 10 heteroatoms. The Hall–Kier alpha value is -3.30. The Bertz CT molecular complexity index is 1170. The van der Waals surface area contributed by atoms with Crippen LogP contribution in [0.2, 0.25) is 0 Å². The standard InChI is InChI=1S/C17H15F3N4O3/c1-8-4-5-9(2)23(8)13-7-14-12(6-11(13)17(18,19)20)21-15(26)16(27)24(14)22-10(3)25/h4-7H,1-3H3,(H,21,26)(H,22,25). The van der Waals surface area contributed by atoms with Crippen LogP contribution < -0.4 is 16.5 Å². The minimum Gasteiger partial charge on any atom is -0.318 e. The number of nitrogens with zero attached hydrogens (tertiary/aromatic N) is 2. The Kier molecular flexibility index (Phi) is 4.21. The first-order valence-electron chi connectivity index (χ1n) is 7.84. The third kappa shape index (κ3) is 3.14. The molecule has 0 unspecified atom stereocenters. The number of aromatic nitrogens is 3. The monoisotopic (exact) mass is 380 g/mol. The van der Waals surface area contributed by atoms with Crippen molar-refractivity contribution in [3.8, 4) is 5.69 Å². The van der Waals surface area contributed by atoms with Gasteiger partial charge >= 0.3 is 17.3 Å². The maximum atomic E-state index is 13.7. The molecular formula is C17H15F3N4O3. The highest BCUT2D eigenvalue weighted by atomic mass is 19.4. The fourth-order valence-electron chi connectivity index (χ4n) is 2.98. The number of carbonyl (C=O) groups excluding carboxylic acids is 1. The summed E-state index contributed by atoms with van der Waals surface area (Å²) in [6.45, 7) is 4.40. The number of halogens is 3. The van der Waals surface area contributed by atoms with Crippen molar-refractivity contribution in [2.24, 2.45) is 0 Å². The van der Waals surface area contributed by atoms with Crippen LogP contribution in [0.4, 0.5) is 13.2 Å².